The van der Waals surface area contributed by atoms with Gasteiger partial charge < -0.3 is 10.6 Å². The number of benzene rings is 1. The number of nitrogens with one attached hydrogen (secondary N) is 3. The lowest BCUT2D eigenvalue weighted by Crippen LogP contribution is -2.42. The number of carbonyl (C=O) groups is 2. The monoisotopic (exact) mass is 394 g/mol. The summed E-state index contributed by atoms with van der Waals surface area (Å²) in [6.45, 7) is 1.05. The molecule has 3 N–H and O–H groups in total. The van der Waals surface area contributed by atoms with Crippen molar-refractivity contribution in [1.29, 1.82) is 0 Å². The third-order valence-corrected chi connectivity index (χ3v) is 6.59. The molecule has 3 rings (SSSR count). The molecule has 0 radical (unpaired) electrons. The molecule has 0 unspecified atom stereocenters. The van der Waals surface area contributed by atoms with Crippen LogP contribution >= 0.6 is 0 Å². The molecule has 27 heavy (non-hydrogen) atoms. The van der Waals surface area contributed by atoms with Crippen LogP contribution in [0.25, 0.3) is 0 Å². The minimum atomic E-state index is -3.48. The fourth-order valence-electron chi connectivity index (χ4n) is 2.98. The minimum Gasteiger partial charge on any atom is -0.376 e. The van der Waals surface area contributed by atoms with E-state index in [0.29, 0.717) is 18.8 Å². The van der Waals surface area contributed by atoms with Gasteiger partial charge in [-0.1, -0.05) is 12.8 Å². The SMILES string of the molecule is O=C(CNc1ccc(S(=O)(=O)N2CCCCCC2)cc1)NC(=O)NC1CC1. The Labute approximate surface area is 159 Å². The number of amides is 3. The number of hydrogen-bond donors (Lipinski definition) is 3. The second-order valence-electron chi connectivity index (χ2n) is 6.99. The van der Waals surface area contributed by atoms with Gasteiger partial charge in [0.2, 0.25) is 15.9 Å². The molecule has 0 atom stereocenters. The number of anilines is 1. The molecule has 1 aliphatic carbocycles. The van der Waals surface area contributed by atoms with Gasteiger partial charge in [0.15, 0.2) is 0 Å². The van der Waals surface area contributed by atoms with Crippen molar-refractivity contribution >= 4 is 27.6 Å². The Morgan fingerprint density at radius 2 is 1.63 bits per heavy atom. The van der Waals surface area contributed by atoms with E-state index in [2.05, 4.69) is 16.0 Å². The van der Waals surface area contributed by atoms with Crippen molar-refractivity contribution in [2.75, 3.05) is 25.0 Å². The van der Waals surface area contributed by atoms with Crippen LogP contribution in [0.2, 0.25) is 0 Å². The summed E-state index contributed by atoms with van der Waals surface area (Å²) >= 11 is 0. The Kier molecular flexibility index (Phi) is 6.33. The third kappa shape index (κ3) is 5.67. The van der Waals surface area contributed by atoms with E-state index in [-0.39, 0.29) is 17.5 Å². The number of carbonyl (C=O) groups excluding carboxylic acids is 2. The topological polar surface area (TPSA) is 108 Å². The van der Waals surface area contributed by atoms with Crippen LogP contribution < -0.4 is 16.0 Å². The van der Waals surface area contributed by atoms with E-state index in [4.69, 9.17) is 0 Å². The van der Waals surface area contributed by atoms with Crippen LogP contribution in [-0.4, -0.2) is 50.3 Å². The zero-order valence-electron chi connectivity index (χ0n) is 15.2. The maximum absolute atomic E-state index is 12.7. The molecule has 9 heteroatoms. The highest BCUT2D eigenvalue weighted by Crippen LogP contribution is 2.21. The number of imide groups is 1. The Bertz CT molecular complexity index is 767. The second-order valence-corrected chi connectivity index (χ2v) is 8.93. The molecule has 8 nitrogen and oxygen atoms in total. The van der Waals surface area contributed by atoms with Gasteiger partial charge in [0.1, 0.15) is 0 Å². The van der Waals surface area contributed by atoms with Gasteiger partial charge in [-0.15, -0.1) is 0 Å². The molecule has 0 bridgehead atoms. The van der Waals surface area contributed by atoms with Crippen LogP contribution in [0.15, 0.2) is 29.2 Å². The maximum atomic E-state index is 12.7. The average Bonchev–Trinajstić information content (AvgIpc) is 3.47. The second kappa shape index (κ2) is 8.71. The smallest absolute Gasteiger partial charge is 0.321 e. The zero-order chi connectivity index (χ0) is 19.3. The van der Waals surface area contributed by atoms with Gasteiger partial charge in [0.25, 0.3) is 0 Å². The predicted molar refractivity (Wildman–Crippen MR) is 102 cm³/mol. The molecule has 1 aromatic rings. The van der Waals surface area contributed by atoms with Crippen LogP contribution in [0.3, 0.4) is 0 Å². The summed E-state index contributed by atoms with van der Waals surface area (Å²) in [5, 5.41) is 7.81. The molecule has 1 saturated carbocycles. The van der Waals surface area contributed by atoms with E-state index in [1.165, 1.54) is 0 Å². The van der Waals surface area contributed by atoms with Crippen LogP contribution in [0, 0.1) is 0 Å². The molecule has 148 valence electrons. The summed E-state index contributed by atoms with van der Waals surface area (Å²) in [4.78, 5) is 23.5. The summed E-state index contributed by atoms with van der Waals surface area (Å²) < 4.78 is 27.0. The molecule has 0 spiro atoms. The lowest BCUT2D eigenvalue weighted by molar-refractivity contribution is -0.118. The first-order chi connectivity index (χ1) is 12.9. The minimum absolute atomic E-state index is 0.0731. The molecule has 2 aliphatic rings. The van der Waals surface area contributed by atoms with E-state index in [1.54, 1.807) is 28.6 Å². The van der Waals surface area contributed by atoms with Gasteiger partial charge >= 0.3 is 6.03 Å². The lowest BCUT2D eigenvalue weighted by Gasteiger charge is -2.20. The van der Waals surface area contributed by atoms with Crippen molar-refractivity contribution < 1.29 is 18.0 Å². The van der Waals surface area contributed by atoms with Gasteiger partial charge in [-0.05, 0) is 49.9 Å². The van der Waals surface area contributed by atoms with Gasteiger partial charge in [-0.25, -0.2) is 13.2 Å². The highest BCUT2D eigenvalue weighted by atomic mass is 32.2. The van der Waals surface area contributed by atoms with E-state index >= 15 is 0 Å². The van der Waals surface area contributed by atoms with E-state index in [9.17, 15) is 18.0 Å². The Morgan fingerprint density at radius 3 is 2.22 bits per heavy atom. The number of rotatable bonds is 6. The average molecular weight is 394 g/mol. The molecular formula is C18H26N4O4S. The fourth-order valence-corrected chi connectivity index (χ4v) is 4.50. The highest BCUT2D eigenvalue weighted by molar-refractivity contribution is 7.89. The quantitative estimate of drug-likeness (QED) is 0.680. The van der Waals surface area contributed by atoms with Crippen molar-refractivity contribution in [3.63, 3.8) is 0 Å². The van der Waals surface area contributed by atoms with Crippen molar-refractivity contribution in [2.45, 2.75) is 49.5 Å². The number of sulfonamides is 1. The summed E-state index contributed by atoms with van der Waals surface area (Å²) in [7, 11) is -3.48. The predicted octanol–water partition coefficient (Wildman–Crippen LogP) is 1.65. The van der Waals surface area contributed by atoms with Crippen molar-refractivity contribution in [1.82, 2.24) is 14.9 Å². The summed E-state index contributed by atoms with van der Waals surface area (Å²) in [6.07, 6.45) is 5.81. The van der Waals surface area contributed by atoms with Gasteiger partial charge in [-0.3, -0.25) is 10.1 Å². The van der Waals surface area contributed by atoms with Crippen LogP contribution in [0.1, 0.15) is 38.5 Å². The Morgan fingerprint density at radius 1 is 1.00 bits per heavy atom. The fraction of sp³-hybridized carbons (Fsp3) is 0.556. The molecular weight excluding hydrogens is 368 g/mol. The molecule has 1 heterocycles. The van der Waals surface area contributed by atoms with Crippen molar-refractivity contribution in [3.8, 4) is 0 Å². The number of urea groups is 1. The summed E-state index contributed by atoms with van der Waals surface area (Å²) in [5.41, 5.74) is 0.613. The number of hydrogen-bond acceptors (Lipinski definition) is 5. The molecule has 0 aromatic heterocycles. The third-order valence-electron chi connectivity index (χ3n) is 4.68. The Hall–Kier alpha value is -2.13. The van der Waals surface area contributed by atoms with E-state index in [1.807, 2.05) is 0 Å². The molecule has 1 aromatic carbocycles. The number of nitrogens with zero attached hydrogens (tertiary/aromatic N) is 1. The molecule has 2 fully saturated rings. The van der Waals surface area contributed by atoms with Gasteiger partial charge in [-0.2, -0.15) is 4.31 Å². The van der Waals surface area contributed by atoms with Gasteiger partial charge in [0.05, 0.1) is 11.4 Å². The summed E-state index contributed by atoms with van der Waals surface area (Å²) in [5.74, 6) is -0.450. The van der Waals surface area contributed by atoms with Crippen molar-refractivity contribution in [2.24, 2.45) is 0 Å². The van der Waals surface area contributed by atoms with Crippen molar-refractivity contribution in [3.05, 3.63) is 24.3 Å². The normalized spacial score (nSPS) is 18.4. The highest BCUT2D eigenvalue weighted by Gasteiger charge is 2.25. The molecule has 1 saturated heterocycles. The standard InChI is InChI=1S/C18H26N4O4S/c23-17(21-18(24)20-15-5-6-15)13-19-14-7-9-16(10-8-14)27(25,26)22-11-3-1-2-4-12-22/h7-10,15,19H,1-6,11-13H2,(H2,20,21,23,24). The molecule has 1 aliphatic heterocycles. The molecule has 3 amide bonds. The lowest BCUT2D eigenvalue weighted by atomic mass is 10.2. The largest absolute Gasteiger partial charge is 0.376 e. The first-order valence-electron chi connectivity index (χ1n) is 9.39. The maximum Gasteiger partial charge on any atom is 0.321 e. The first-order valence-corrected chi connectivity index (χ1v) is 10.8. The van der Waals surface area contributed by atoms with Crippen LogP contribution in [-0.2, 0) is 14.8 Å². The van der Waals surface area contributed by atoms with Gasteiger partial charge in [0, 0.05) is 24.8 Å². The van der Waals surface area contributed by atoms with E-state index < -0.39 is 22.0 Å². The van der Waals surface area contributed by atoms with E-state index in [0.717, 1.165) is 38.5 Å². The van der Waals surface area contributed by atoms with Crippen LogP contribution in [0.4, 0.5) is 10.5 Å². The first kappa shape index (κ1) is 19.6. The Balaban J connectivity index is 1.51. The zero-order valence-corrected chi connectivity index (χ0v) is 16.1. The van der Waals surface area contributed by atoms with Crippen LogP contribution in [0.5, 0.6) is 0 Å². The summed E-state index contributed by atoms with van der Waals surface area (Å²) in [6, 6.07) is 6.04.